The Kier molecular flexibility index (Phi) is 9.72. The molecule has 0 aromatic rings. The van der Waals surface area contributed by atoms with Crippen LogP contribution in [-0.4, -0.2) is 75.4 Å². The lowest BCUT2D eigenvalue weighted by Gasteiger charge is -2.32. The number of ether oxygens (including phenoxy) is 1. The van der Waals surface area contributed by atoms with Crippen molar-refractivity contribution in [1.29, 1.82) is 0 Å². The summed E-state index contributed by atoms with van der Waals surface area (Å²) in [6.07, 6.45) is 6.25. The summed E-state index contributed by atoms with van der Waals surface area (Å²) < 4.78 is 5.91. The standard InChI is InChI=1S/C19H37N3O.H2/c1-6-19(7-2,16-20-18(3)4)17-23-15-9-8-10-22-13-11-21(5)12-14-22;/h6-7,18,20H,1-2,8-17H2,3-5H3;1H. The van der Waals surface area contributed by atoms with Crippen molar-refractivity contribution in [2.24, 2.45) is 5.41 Å². The summed E-state index contributed by atoms with van der Waals surface area (Å²) in [6.45, 7) is 20.5. The van der Waals surface area contributed by atoms with Crippen LogP contribution in [0.3, 0.4) is 0 Å². The van der Waals surface area contributed by atoms with Crippen LogP contribution in [0.1, 0.15) is 28.1 Å². The zero-order valence-electron chi connectivity index (χ0n) is 15.5. The first-order valence-corrected chi connectivity index (χ1v) is 9.00. The summed E-state index contributed by atoms with van der Waals surface area (Å²) >= 11 is 0. The van der Waals surface area contributed by atoms with Crippen LogP contribution in [0.15, 0.2) is 25.3 Å². The van der Waals surface area contributed by atoms with Crippen LogP contribution in [0.2, 0.25) is 0 Å². The Morgan fingerprint density at radius 2 is 1.83 bits per heavy atom. The Labute approximate surface area is 145 Å². The van der Waals surface area contributed by atoms with Crippen LogP contribution in [0.5, 0.6) is 0 Å². The number of piperazine rings is 1. The Balaban J connectivity index is 0.00000529. The van der Waals surface area contributed by atoms with Crippen molar-refractivity contribution in [2.45, 2.75) is 32.7 Å². The third-order valence-electron chi connectivity index (χ3n) is 4.63. The Bertz CT molecular complexity index is 334. The molecule has 136 valence electrons. The number of likely N-dealkylation sites (N-methyl/N-ethyl adjacent to an activating group) is 1. The summed E-state index contributed by atoms with van der Waals surface area (Å²) in [7, 11) is 2.20. The second-order valence-corrected chi connectivity index (χ2v) is 7.08. The summed E-state index contributed by atoms with van der Waals surface area (Å²) in [5, 5.41) is 3.45. The van der Waals surface area contributed by atoms with Gasteiger partial charge < -0.3 is 19.9 Å². The Hall–Kier alpha value is -0.680. The number of unbranched alkanes of at least 4 members (excludes halogenated alkanes) is 1. The molecule has 1 rings (SSSR count). The molecule has 0 amide bonds. The molecule has 1 aliphatic rings. The summed E-state index contributed by atoms with van der Waals surface area (Å²) in [5.74, 6) is 0. The molecule has 0 radical (unpaired) electrons. The number of rotatable bonds is 12. The van der Waals surface area contributed by atoms with E-state index in [1.807, 2.05) is 12.2 Å². The van der Waals surface area contributed by atoms with E-state index in [0.717, 1.165) is 19.6 Å². The molecule has 1 heterocycles. The molecule has 0 aromatic carbocycles. The first kappa shape index (κ1) is 20.4. The van der Waals surface area contributed by atoms with Gasteiger partial charge in [0.15, 0.2) is 0 Å². The third-order valence-corrected chi connectivity index (χ3v) is 4.63. The lowest BCUT2D eigenvalue weighted by Crippen LogP contribution is -2.44. The normalized spacial score (nSPS) is 17.6. The first-order chi connectivity index (χ1) is 11.0. The van der Waals surface area contributed by atoms with Gasteiger partial charge in [-0.2, -0.15) is 0 Å². The largest absolute Gasteiger partial charge is 0.380 e. The topological polar surface area (TPSA) is 27.7 Å². The molecule has 0 aromatic heterocycles. The quantitative estimate of drug-likeness (QED) is 0.441. The van der Waals surface area contributed by atoms with E-state index in [-0.39, 0.29) is 6.84 Å². The molecule has 1 aliphatic heterocycles. The van der Waals surface area contributed by atoms with Gasteiger partial charge in [0.1, 0.15) is 0 Å². The van der Waals surface area contributed by atoms with Gasteiger partial charge in [0.2, 0.25) is 0 Å². The SMILES string of the molecule is C=CC(C=C)(CNC(C)C)COCCCCN1CCN(C)CC1.[HH]. The number of nitrogens with zero attached hydrogens (tertiary/aromatic N) is 2. The minimum atomic E-state index is -0.165. The van der Waals surface area contributed by atoms with Gasteiger partial charge in [-0.05, 0) is 26.4 Å². The third kappa shape index (κ3) is 8.11. The van der Waals surface area contributed by atoms with Crippen LogP contribution >= 0.6 is 0 Å². The number of nitrogens with one attached hydrogen (secondary N) is 1. The van der Waals surface area contributed by atoms with E-state index in [2.05, 4.69) is 49.2 Å². The second kappa shape index (κ2) is 11.0. The fraction of sp³-hybridized carbons (Fsp3) is 0.789. The van der Waals surface area contributed by atoms with Crippen LogP contribution in [0.4, 0.5) is 0 Å². The minimum Gasteiger partial charge on any atom is -0.380 e. The molecule has 23 heavy (non-hydrogen) atoms. The van der Waals surface area contributed by atoms with Crippen molar-refractivity contribution in [3.63, 3.8) is 0 Å². The molecule has 4 heteroatoms. The van der Waals surface area contributed by atoms with Crippen molar-refractivity contribution in [3.8, 4) is 0 Å². The zero-order valence-corrected chi connectivity index (χ0v) is 15.5. The fourth-order valence-electron chi connectivity index (χ4n) is 2.66. The maximum absolute atomic E-state index is 5.91. The lowest BCUT2D eigenvalue weighted by molar-refractivity contribution is 0.0802. The van der Waals surface area contributed by atoms with E-state index in [1.165, 1.54) is 39.1 Å². The van der Waals surface area contributed by atoms with E-state index in [1.54, 1.807) is 0 Å². The highest BCUT2D eigenvalue weighted by Gasteiger charge is 2.23. The van der Waals surface area contributed by atoms with Gasteiger partial charge in [-0.25, -0.2) is 0 Å². The average Bonchev–Trinajstić information content (AvgIpc) is 2.55. The van der Waals surface area contributed by atoms with Crippen molar-refractivity contribution in [1.82, 2.24) is 15.1 Å². The van der Waals surface area contributed by atoms with E-state index >= 15 is 0 Å². The predicted molar refractivity (Wildman–Crippen MR) is 102 cm³/mol. The Morgan fingerprint density at radius 1 is 1.17 bits per heavy atom. The molecule has 1 fully saturated rings. The predicted octanol–water partition coefficient (Wildman–Crippen LogP) is 2.63. The van der Waals surface area contributed by atoms with Gasteiger partial charge in [-0.3, -0.25) is 0 Å². The van der Waals surface area contributed by atoms with Crippen LogP contribution in [-0.2, 0) is 4.74 Å². The maximum Gasteiger partial charge on any atom is 0.0603 e. The van der Waals surface area contributed by atoms with Gasteiger partial charge in [0.25, 0.3) is 0 Å². The highest BCUT2D eigenvalue weighted by molar-refractivity contribution is 5.08. The molecular weight excluding hydrogens is 286 g/mol. The average molecular weight is 326 g/mol. The van der Waals surface area contributed by atoms with Gasteiger partial charge in [-0.15, -0.1) is 13.2 Å². The number of hydrogen-bond donors (Lipinski definition) is 1. The van der Waals surface area contributed by atoms with Crippen LogP contribution in [0.25, 0.3) is 0 Å². The van der Waals surface area contributed by atoms with Crippen molar-refractivity contribution in [3.05, 3.63) is 25.3 Å². The van der Waals surface area contributed by atoms with Crippen LogP contribution < -0.4 is 5.32 Å². The number of hydrogen-bond acceptors (Lipinski definition) is 4. The smallest absolute Gasteiger partial charge is 0.0603 e. The van der Waals surface area contributed by atoms with Gasteiger partial charge in [-0.1, -0.05) is 26.0 Å². The van der Waals surface area contributed by atoms with E-state index in [9.17, 15) is 0 Å². The van der Waals surface area contributed by atoms with E-state index in [4.69, 9.17) is 4.74 Å². The van der Waals surface area contributed by atoms with Crippen molar-refractivity contribution in [2.75, 3.05) is 59.5 Å². The van der Waals surface area contributed by atoms with Gasteiger partial charge in [0, 0.05) is 52.2 Å². The van der Waals surface area contributed by atoms with Crippen molar-refractivity contribution < 1.29 is 6.16 Å². The molecule has 4 nitrogen and oxygen atoms in total. The van der Waals surface area contributed by atoms with Crippen molar-refractivity contribution >= 4 is 0 Å². The van der Waals surface area contributed by atoms with Crippen LogP contribution in [0, 0.1) is 5.41 Å². The van der Waals surface area contributed by atoms with E-state index < -0.39 is 0 Å². The molecule has 1 saturated heterocycles. The minimum absolute atomic E-state index is 0. The summed E-state index contributed by atoms with van der Waals surface area (Å²) in [4.78, 5) is 4.96. The zero-order chi connectivity index (χ0) is 17.1. The second-order valence-electron chi connectivity index (χ2n) is 7.08. The molecule has 0 aliphatic carbocycles. The monoisotopic (exact) mass is 325 g/mol. The lowest BCUT2D eigenvalue weighted by atomic mass is 9.89. The molecule has 0 atom stereocenters. The molecule has 0 bridgehead atoms. The van der Waals surface area contributed by atoms with Gasteiger partial charge >= 0.3 is 0 Å². The fourth-order valence-corrected chi connectivity index (χ4v) is 2.66. The Morgan fingerprint density at radius 3 is 2.39 bits per heavy atom. The molecule has 0 unspecified atom stereocenters. The molecule has 0 spiro atoms. The van der Waals surface area contributed by atoms with E-state index in [0.29, 0.717) is 12.6 Å². The highest BCUT2D eigenvalue weighted by Crippen LogP contribution is 2.20. The molecular formula is C19H39N3O. The summed E-state index contributed by atoms with van der Waals surface area (Å²) in [5.41, 5.74) is -0.165. The first-order valence-electron chi connectivity index (χ1n) is 9.00. The molecule has 0 saturated carbocycles. The highest BCUT2D eigenvalue weighted by atomic mass is 16.5. The summed E-state index contributed by atoms with van der Waals surface area (Å²) in [6, 6.07) is 0.456. The maximum atomic E-state index is 5.91. The van der Waals surface area contributed by atoms with Gasteiger partial charge in [0.05, 0.1) is 6.61 Å². The molecule has 1 N–H and O–H groups in total.